The molecule has 0 aliphatic rings. The van der Waals surface area contributed by atoms with Gasteiger partial charge >= 0.3 is 0 Å². The fourth-order valence-corrected chi connectivity index (χ4v) is 4.22. The van der Waals surface area contributed by atoms with Crippen LogP contribution in [0.2, 0.25) is 0 Å². The summed E-state index contributed by atoms with van der Waals surface area (Å²) in [4.78, 5) is 0. The van der Waals surface area contributed by atoms with Crippen molar-refractivity contribution in [2.75, 3.05) is 0 Å². The van der Waals surface area contributed by atoms with Crippen LogP contribution in [0.5, 0.6) is 0 Å². The Labute approximate surface area is 158 Å². The molecule has 0 bridgehead atoms. The number of hydrogen-bond acceptors (Lipinski definition) is 0. The highest BCUT2D eigenvalue weighted by molar-refractivity contribution is 5.82. The maximum absolute atomic E-state index is 2.34. The average Bonchev–Trinajstić information content (AvgIpc) is 2.53. The van der Waals surface area contributed by atoms with E-state index in [1.165, 1.54) is 61.3 Å². The van der Waals surface area contributed by atoms with E-state index in [1.54, 1.807) is 0 Å². The van der Waals surface area contributed by atoms with Gasteiger partial charge in [-0.3, -0.25) is 0 Å². The van der Waals surface area contributed by atoms with E-state index in [-0.39, 0.29) is 0 Å². The Hall–Kier alpha value is -2.41. The van der Waals surface area contributed by atoms with Crippen molar-refractivity contribution in [2.45, 2.75) is 48.5 Å². The summed E-state index contributed by atoms with van der Waals surface area (Å²) in [6.07, 6.45) is 2.24. The monoisotopic (exact) mass is 344 g/mol. The predicted octanol–water partition coefficient (Wildman–Crippen LogP) is 6.00. The Bertz CT molecular complexity index is 1010. The highest BCUT2D eigenvalue weighted by Crippen LogP contribution is 2.37. The van der Waals surface area contributed by atoms with Gasteiger partial charge in [0, 0.05) is 11.6 Å². The molecule has 3 rings (SSSR count). The third-order valence-electron chi connectivity index (χ3n) is 5.62. The Kier molecular flexibility index (Phi) is 4.75. The van der Waals surface area contributed by atoms with Gasteiger partial charge in [0.05, 0.1) is 5.56 Å². The molecule has 0 saturated heterocycles. The molecule has 1 heteroatoms. The zero-order valence-corrected chi connectivity index (χ0v) is 17.4. The molecular formula is C25H30N+. The van der Waals surface area contributed by atoms with Gasteiger partial charge in [-0.05, 0) is 87.4 Å². The molecule has 1 heterocycles. The van der Waals surface area contributed by atoms with Crippen LogP contribution >= 0.6 is 0 Å². The Morgan fingerprint density at radius 1 is 0.615 bits per heavy atom. The molecule has 0 fully saturated rings. The fourth-order valence-electron chi connectivity index (χ4n) is 4.22. The van der Waals surface area contributed by atoms with Crippen LogP contribution in [-0.4, -0.2) is 0 Å². The highest BCUT2D eigenvalue weighted by Gasteiger charge is 2.21. The van der Waals surface area contributed by atoms with Crippen molar-refractivity contribution in [3.05, 3.63) is 75.5 Å². The van der Waals surface area contributed by atoms with Gasteiger partial charge in [0.2, 0.25) is 5.69 Å². The first-order valence-electron chi connectivity index (χ1n) is 9.36. The molecule has 0 aliphatic carbocycles. The normalized spacial score (nSPS) is 11.1. The lowest BCUT2D eigenvalue weighted by atomic mass is 9.85. The molecule has 0 N–H and O–H groups in total. The van der Waals surface area contributed by atoms with Gasteiger partial charge in [0.1, 0.15) is 7.05 Å². The largest absolute Gasteiger partial charge is 0.213 e. The SMILES string of the molecule is Cc1ccc(-c2c(C)cc(C)c(-c3cc(C)c(C)c[n+]3C)c2C)c(C)c1. The average molecular weight is 345 g/mol. The van der Waals surface area contributed by atoms with E-state index in [4.69, 9.17) is 0 Å². The maximum Gasteiger partial charge on any atom is 0.213 e. The molecule has 0 atom stereocenters. The molecule has 1 nitrogen and oxygen atoms in total. The maximum atomic E-state index is 2.34. The van der Waals surface area contributed by atoms with E-state index >= 15 is 0 Å². The lowest BCUT2D eigenvalue weighted by Crippen LogP contribution is -2.32. The second-order valence-corrected chi connectivity index (χ2v) is 7.84. The topological polar surface area (TPSA) is 3.88 Å². The van der Waals surface area contributed by atoms with E-state index in [9.17, 15) is 0 Å². The number of aromatic nitrogens is 1. The van der Waals surface area contributed by atoms with E-state index in [0.717, 1.165) is 0 Å². The summed E-state index contributed by atoms with van der Waals surface area (Å²) >= 11 is 0. The zero-order valence-electron chi connectivity index (χ0n) is 17.4. The summed E-state index contributed by atoms with van der Waals surface area (Å²) in [5.41, 5.74) is 14.7. The number of aryl methyl sites for hydroxylation is 7. The quantitative estimate of drug-likeness (QED) is 0.502. The molecule has 3 aromatic rings. The number of benzene rings is 2. The minimum Gasteiger partial charge on any atom is -0.201 e. The van der Waals surface area contributed by atoms with Gasteiger partial charge < -0.3 is 0 Å². The van der Waals surface area contributed by atoms with Crippen molar-refractivity contribution in [1.82, 2.24) is 0 Å². The highest BCUT2D eigenvalue weighted by atomic mass is 14.9. The molecule has 1 aromatic heterocycles. The van der Waals surface area contributed by atoms with Crippen molar-refractivity contribution in [3.8, 4) is 22.4 Å². The minimum atomic E-state index is 1.29. The molecular weight excluding hydrogens is 314 g/mol. The first-order chi connectivity index (χ1) is 12.2. The number of rotatable bonds is 2. The summed E-state index contributed by atoms with van der Waals surface area (Å²) in [5.74, 6) is 0. The lowest BCUT2D eigenvalue weighted by Gasteiger charge is -2.19. The zero-order chi connectivity index (χ0) is 19.2. The van der Waals surface area contributed by atoms with Gasteiger partial charge in [-0.25, -0.2) is 4.57 Å². The molecule has 0 amide bonds. The van der Waals surface area contributed by atoms with Crippen molar-refractivity contribution in [1.29, 1.82) is 0 Å². The van der Waals surface area contributed by atoms with Crippen molar-refractivity contribution < 1.29 is 4.57 Å². The predicted molar refractivity (Wildman–Crippen MR) is 112 cm³/mol. The molecule has 0 unspecified atom stereocenters. The molecule has 2 aromatic carbocycles. The van der Waals surface area contributed by atoms with Crippen molar-refractivity contribution >= 4 is 0 Å². The van der Waals surface area contributed by atoms with Crippen LogP contribution in [0.3, 0.4) is 0 Å². The Morgan fingerprint density at radius 2 is 1.27 bits per heavy atom. The van der Waals surface area contributed by atoms with Crippen LogP contribution in [0.15, 0.2) is 36.5 Å². The molecule has 0 aliphatic heterocycles. The molecule has 0 spiro atoms. The van der Waals surface area contributed by atoms with E-state index in [2.05, 4.69) is 96.6 Å². The number of pyridine rings is 1. The van der Waals surface area contributed by atoms with Gasteiger partial charge in [0.15, 0.2) is 6.20 Å². The summed E-state index contributed by atoms with van der Waals surface area (Å²) in [6, 6.07) is 11.4. The summed E-state index contributed by atoms with van der Waals surface area (Å²) in [6.45, 7) is 15.5. The molecule has 0 radical (unpaired) electrons. The van der Waals surface area contributed by atoms with E-state index in [1.807, 2.05) is 0 Å². The van der Waals surface area contributed by atoms with Crippen LogP contribution in [0, 0.1) is 48.5 Å². The van der Waals surface area contributed by atoms with E-state index < -0.39 is 0 Å². The summed E-state index contributed by atoms with van der Waals surface area (Å²) < 4.78 is 2.26. The minimum absolute atomic E-state index is 1.29. The van der Waals surface area contributed by atoms with Crippen molar-refractivity contribution in [2.24, 2.45) is 7.05 Å². The van der Waals surface area contributed by atoms with Gasteiger partial charge in [-0.1, -0.05) is 29.8 Å². The van der Waals surface area contributed by atoms with E-state index in [0.29, 0.717) is 0 Å². The summed E-state index contributed by atoms with van der Waals surface area (Å²) in [5, 5.41) is 0. The molecule has 0 saturated carbocycles. The number of hydrogen-bond donors (Lipinski definition) is 0. The molecule has 26 heavy (non-hydrogen) atoms. The van der Waals surface area contributed by atoms with Gasteiger partial charge in [-0.2, -0.15) is 0 Å². The van der Waals surface area contributed by atoms with Crippen LogP contribution in [0.1, 0.15) is 38.9 Å². The summed E-state index contributed by atoms with van der Waals surface area (Å²) in [7, 11) is 2.15. The lowest BCUT2D eigenvalue weighted by molar-refractivity contribution is -0.660. The van der Waals surface area contributed by atoms with Crippen LogP contribution in [0.4, 0.5) is 0 Å². The van der Waals surface area contributed by atoms with Crippen LogP contribution in [-0.2, 0) is 7.05 Å². The first kappa shape index (κ1) is 18.4. The van der Waals surface area contributed by atoms with Gasteiger partial charge in [0.25, 0.3) is 0 Å². The second kappa shape index (κ2) is 6.72. The third kappa shape index (κ3) is 3.07. The second-order valence-electron chi connectivity index (χ2n) is 7.84. The molecule has 134 valence electrons. The Balaban J connectivity index is 2.34. The Morgan fingerprint density at radius 3 is 1.92 bits per heavy atom. The first-order valence-corrected chi connectivity index (χ1v) is 9.36. The smallest absolute Gasteiger partial charge is 0.201 e. The standard InChI is InChI=1S/C25H30N/c1-15-9-10-22(17(3)11-15)24-18(4)12-19(5)25(21(24)7)23-13-16(2)20(6)14-26(23)8/h9-14H,1-8H3/q+1. The third-order valence-corrected chi connectivity index (χ3v) is 5.62. The van der Waals surface area contributed by atoms with Crippen LogP contribution in [0.25, 0.3) is 22.4 Å². The fraction of sp³-hybridized carbons (Fsp3) is 0.320. The van der Waals surface area contributed by atoms with Crippen molar-refractivity contribution in [3.63, 3.8) is 0 Å². The van der Waals surface area contributed by atoms with Gasteiger partial charge in [-0.15, -0.1) is 0 Å². The number of nitrogens with zero attached hydrogens (tertiary/aromatic N) is 1. The van der Waals surface area contributed by atoms with Crippen LogP contribution < -0.4 is 4.57 Å².